The first-order chi connectivity index (χ1) is 11.8. The van der Waals surface area contributed by atoms with Crippen LogP contribution in [0, 0.1) is 0 Å². The Kier molecular flexibility index (Phi) is 8.06. The van der Waals surface area contributed by atoms with Gasteiger partial charge in [0.15, 0.2) is 0 Å². The van der Waals surface area contributed by atoms with Crippen LogP contribution < -0.4 is 0 Å². The summed E-state index contributed by atoms with van der Waals surface area (Å²) in [5.74, 6) is 0.0216. The van der Waals surface area contributed by atoms with E-state index in [2.05, 4.69) is 0 Å². The van der Waals surface area contributed by atoms with E-state index in [1.54, 1.807) is 24.3 Å². The molecule has 1 aromatic rings. The molecule has 0 unspecified atom stereocenters. The molecule has 0 radical (unpaired) electrons. The van der Waals surface area contributed by atoms with Gasteiger partial charge in [-0.3, -0.25) is 0 Å². The van der Waals surface area contributed by atoms with Crippen LogP contribution in [0.5, 0.6) is 0 Å². The highest BCUT2D eigenvalue weighted by Gasteiger charge is 2.25. The van der Waals surface area contributed by atoms with Crippen molar-refractivity contribution < 1.29 is 25.5 Å². The monoisotopic (exact) mass is 348 g/mol. The number of benzene rings is 1. The summed E-state index contributed by atoms with van der Waals surface area (Å²) < 4.78 is 0. The van der Waals surface area contributed by atoms with Crippen molar-refractivity contribution >= 4 is 0 Å². The molecule has 5 heteroatoms. The molecule has 25 heavy (non-hydrogen) atoms. The molecule has 0 spiro atoms. The van der Waals surface area contributed by atoms with Gasteiger partial charge in [-0.25, -0.2) is 0 Å². The highest BCUT2D eigenvalue weighted by molar-refractivity contribution is 5.46. The molecule has 0 fully saturated rings. The summed E-state index contributed by atoms with van der Waals surface area (Å²) in [7, 11) is 0. The van der Waals surface area contributed by atoms with Crippen LogP contribution in [-0.2, 0) is 18.6 Å². The van der Waals surface area contributed by atoms with Gasteiger partial charge in [-0.2, -0.15) is 0 Å². The molecule has 0 aliphatic carbocycles. The van der Waals surface area contributed by atoms with Gasteiger partial charge in [-0.05, 0) is 35.3 Å². The number of hydrogen-bond donors (Lipinski definition) is 5. The number of aliphatic hydroxyl groups excluding tert-OH is 5. The zero-order valence-electron chi connectivity index (χ0n) is 15.0. The van der Waals surface area contributed by atoms with E-state index < -0.39 is 5.41 Å². The van der Waals surface area contributed by atoms with E-state index in [1.165, 1.54) is 6.92 Å². The number of aliphatic hydroxyl groups is 5. The van der Waals surface area contributed by atoms with Gasteiger partial charge in [0.1, 0.15) is 0 Å². The fourth-order valence-electron chi connectivity index (χ4n) is 2.54. The summed E-state index contributed by atoms with van der Waals surface area (Å²) in [6, 6.07) is 5.45. The first kappa shape index (κ1) is 21.1. The van der Waals surface area contributed by atoms with Gasteiger partial charge in [-0.1, -0.05) is 44.2 Å². The van der Waals surface area contributed by atoms with Gasteiger partial charge < -0.3 is 25.5 Å². The largest absolute Gasteiger partial charge is 0.512 e. The molecular weight excluding hydrogens is 320 g/mol. The fraction of sp³-hybridized carbons (Fsp3) is 0.400. The summed E-state index contributed by atoms with van der Waals surface area (Å²) in [5.41, 5.74) is 2.83. The summed E-state index contributed by atoms with van der Waals surface area (Å²) >= 11 is 0. The van der Waals surface area contributed by atoms with Gasteiger partial charge >= 0.3 is 0 Å². The van der Waals surface area contributed by atoms with Crippen molar-refractivity contribution in [3.05, 3.63) is 70.0 Å². The Morgan fingerprint density at radius 3 is 1.96 bits per heavy atom. The molecule has 1 rings (SSSR count). The minimum atomic E-state index is -0.559. The SMILES string of the molecule is C\C(O)=C(/C=C(\C=C\CO)C(C)(C)c1cc(CO)cc(CO)c1)CO. The Bertz CT molecular complexity index is 642. The van der Waals surface area contributed by atoms with Crippen LogP contribution in [0.2, 0.25) is 0 Å². The van der Waals surface area contributed by atoms with Crippen molar-refractivity contribution in [2.45, 2.75) is 39.4 Å². The van der Waals surface area contributed by atoms with Crippen molar-refractivity contribution in [1.29, 1.82) is 0 Å². The predicted octanol–water partition coefficient (Wildman–Crippen LogP) is 2.25. The van der Waals surface area contributed by atoms with Gasteiger partial charge in [0.25, 0.3) is 0 Å². The maximum atomic E-state index is 9.72. The lowest BCUT2D eigenvalue weighted by molar-refractivity contribution is 0.275. The molecule has 0 amide bonds. The van der Waals surface area contributed by atoms with Crippen LogP contribution in [0.3, 0.4) is 0 Å². The average Bonchev–Trinajstić information content (AvgIpc) is 2.60. The van der Waals surface area contributed by atoms with Crippen molar-refractivity contribution in [3.63, 3.8) is 0 Å². The molecule has 5 nitrogen and oxygen atoms in total. The highest BCUT2D eigenvalue weighted by atomic mass is 16.3. The third-order valence-electron chi connectivity index (χ3n) is 4.23. The van der Waals surface area contributed by atoms with Gasteiger partial charge in [-0.15, -0.1) is 0 Å². The summed E-state index contributed by atoms with van der Waals surface area (Å²) in [6.45, 7) is 4.69. The maximum absolute atomic E-state index is 9.72. The minimum Gasteiger partial charge on any atom is -0.512 e. The Morgan fingerprint density at radius 2 is 1.56 bits per heavy atom. The third-order valence-corrected chi connectivity index (χ3v) is 4.23. The minimum absolute atomic E-state index is 0.0216. The number of allylic oxidation sites excluding steroid dienone is 3. The summed E-state index contributed by atoms with van der Waals surface area (Å²) in [5, 5.41) is 47.3. The van der Waals surface area contributed by atoms with Crippen LogP contribution in [0.15, 0.2) is 53.3 Å². The summed E-state index contributed by atoms with van der Waals surface area (Å²) in [4.78, 5) is 0. The first-order valence-electron chi connectivity index (χ1n) is 8.14. The van der Waals surface area contributed by atoms with Gasteiger partial charge in [0.2, 0.25) is 0 Å². The molecule has 0 heterocycles. The van der Waals surface area contributed by atoms with E-state index in [1.807, 2.05) is 26.0 Å². The van der Waals surface area contributed by atoms with E-state index in [-0.39, 0.29) is 32.2 Å². The Balaban J connectivity index is 3.54. The van der Waals surface area contributed by atoms with Crippen LogP contribution in [0.1, 0.15) is 37.5 Å². The van der Waals surface area contributed by atoms with Crippen LogP contribution in [0.25, 0.3) is 0 Å². The zero-order chi connectivity index (χ0) is 19.0. The van der Waals surface area contributed by atoms with E-state index >= 15 is 0 Å². The topological polar surface area (TPSA) is 101 Å². The first-order valence-corrected chi connectivity index (χ1v) is 8.14. The molecule has 0 aliphatic heterocycles. The molecule has 0 saturated carbocycles. The van der Waals surface area contributed by atoms with Crippen molar-refractivity contribution in [3.8, 4) is 0 Å². The lowest BCUT2D eigenvalue weighted by Gasteiger charge is -2.29. The lowest BCUT2D eigenvalue weighted by Crippen LogP contribution is -2.21. The number of hydrogen-bond acceptors (Lipinski definition) is 5. The van der Waals surface area contributed by atoms with E-state index in [4.69, 9.17) is 5.11 Å². The second-order valence-electron chi connectivity index (χ2n) is 6.43. The molecule has 0 bridgehead atoms. The molecule has 1 aromatic carbocycles. The molecule has 0 saturated heterocycles. The van der Waals surface area contributed by atoms with Crippen molar-refractivity contribution in [2.24, 2.45) is 0 Å². The standard InChI is InChI=1S/C20H28O5/c1-14(25)17(13-24)10-18(5-4-6-21)20(2,3)19-8-15(11-22)7-16(9-19)12-23/h4-5,7-10,21-25H,6,11-13H2,1-3H3/b5-4+,17-14-,18-10+. The molecule has 0 atom stereocenters. The Labute approximate surface area is 148 Å². The van der Waals surface area contributed by atoms with Crippen molar-refractivity contribution in [2.75, 3.05) is 13.2 Å². The molecule has 0 aromatic heterocycles. The average molecular weight is 348 g/mol. The highest BCUT2D eigenvalue weighted by Crippen LogP contribution is 2.34. The maximum Gasteiger partial charge on any atom is 0.0946 e. The Hall–Kier alpha value is -1.92. The van der Waals surface area contributed by atoms with E-state index in [0.717, 1.165) is 11.1 Å². The molecule has 138 valence electrons. The Morgan fingerprint density at radius 1 is 1.00 bits per heavy atom. The predicted molar refractivity (Wildman–Crippen MR) is 98.0 cm³/mol. The van der Waals surface area contributed by atoms with Gasteiger partial charge in [0.05, 0.1) is 32.2 Å². The summed E-state index contributed by atoms with van der Waals surface area (Å²) in [6.07, 6.45) is 5.01. The van der Waals surface area contributed by atoms with Crippen LogP contribution in [-0.4, -0.2) is 38.7 Å². The zero-order valence-corrected chi connectivity index (χ0v) is 15.0. The molecule has 5 N–H and O–H groups in total. The molecular formula is C20H28O5. The van der Waals surface area contributed by atoms with Crippen molar-refractivity contribution in [1.82, 2.24) is 0 Å². The smallest absolute Gasteiger partial charge is 0.0946 e. The van der Waals surface area contributed by atoms with Crippen LogP contribution >= 0.6 is 0 Å². The van der Waals surface area contributed by atoms with E-state index in [0.29, 0.717) is 16.7 Å². The second-order valence-corrected chi connectivity index (χ2v) is 6.43. The lowest BCUT2D eigenvalue weighted by atomic mass is 9.75. The van der Waals surface area contributed by atoms with Gasteiger partial charge in [0, 0.05) is 11.0 Å². The van der Waals surface area contributed by atoms with E-state index in [9.17, 15) is 20.4 Å². The third kappa shape index (κ3) is 5.54. The number of rotatable bonds is 8. The second kappa shape index (κ2) is 9.53. The quantitative estimate of drug-likeness (QED) is 0.366. The fourth-order valence-corrected chi connectivity index (χ4v) is 2.54. The molecule has 0 aliphatic rings. The normalized spacial score (nSPS) is 14.1. The van der Waals surface area contributed by atoms with Crippen LogP contribution in [0.4, 0.5) is 0 Å².